The Morgan fingerprint density at radius 2 is 1.80 bits per heavy atom. The summed E-state index contributed by atoms with van der Waals surface area (Å²) in [4.78, 5) is 19.4. The minimum Gasteiger partial charge on any atom is -0.372 e. The van der Waals surface area contributed by atoms with Gasteiger partial charge in [0.15, 0.2) is 0 Å². The average Bonchev–Trinajstić information content (AvgIpc) is 2.99. The van der Waals surface area contributed by atoms with Gasteiger partial charge in [-0.15, -0.1) is 0 Å². The Kier molecular flexibility index (Phi) is 5.51. The van der Waals surface area contributed by atoms with Gasteiger partial charge in [-0.25, -0.2) is 8.42 Å². The van der Waals surface area contributed by atoms with E-state index in [9.17, 15) is 13.2 Å². The molecule has 0 spiro atoms. The Morgan fingerprint density at radius 1 is 1.13 bits per heavy atom. The maximum absolute atomic E-state index is 12.6. The lowest BCUT2D eigenvalue weighted by Crippen LogP contribution is -2.32. The first-order valence-corrected chi connectivity index (χ1v) is 11.7. The van der Waals surface area contributed by atoms with Gasteiger partial charge >= 0.3 is 0 Å². The van der Waals surface area contributed by atoms with Crippen molar-refractivity contribution in [1.29, 1.82) is 0 Å². The van der Waals surface area contributed by atoms with Gasteiger partial charge in [0.2, 0.25) is 5.91 Å². The van der Waals surface area contributed by atoms with Crippen LogP contribution in [-0.4, -0.2) is 39.3 Å². The first kappa shape index (κ1) is 20.4. The van der Waals surface area contributed by atoms with Crippen LogP contribution in [0, 0.1) is 5.92 Å². The highest BCUT2D eigenvalue weighted by molar-refractivity contribution is 7.90. The summed E-state index contributed by atoms with van der Waals surface area (Å²) in [5.41, 5.74) is 2.33. The third-order valence-corrected chi connectivity index (χ3v) is 7.05. The summed E-state index contributed by atoms with van der Waals surface area (Å²) in [6.45, 7) is 6.04. The lowest BCUT2D eigenvalue weighted by Gasteiger charge is -2.32. The summed E-state index contributed by atoms with van der Waals surface area (Å²) >= 11 is 0. The molecule has 2 aromatic rings. The SMILES string of the molecule is CC1CCN(c2ccc(NC(=O)[C@H](C)N=C3NS(=O)(=O)c4ccccc43)cc2)CC1. The molecule has 1 fully saturated rings. The number of rotatable bonds is 4. The number of amides is 1. The quantitative estimate of drug-likeness (QED) is 0.786. The fraction of sp³-hybridized carbons (Fsp3) is 0.364. The van der Waals surface area contributed by atoms with Gasteiger partial charge in [0.1, 0.15) is 11.9 Å². The summed E-state index contributed by atoms with van der Waals surface area (Å²) in [7, 11) is -3.62. The van der Waals surface area contributed by atoms with Crippen LogP contribution < -0.4 is 14.9 Å². The van der Waals surface area contributed by atoms with E-state index in [1.165, 1.54) is 18.9 Å². The fourth-order valence-corrected chi connectivity index (χ4v) is 4.99. The molecule has 2 heterocycles. The summed E-state index contributed by atoms with van der Waals surface area (Å²) in [6, 6.07) is 13.7. The molecule has 2 aromatic carbocycles. The maximum Gasteiger partial charge on any atom is 0.263 e. The van der Waals surface area contributed by atoms with Crippen LogP contribution >= 0.6 is 0 Å². The highest BCUT2D eigenvalue weighted by atomic mass is 32.2. The Hall–Kier alpha value is -2.87. The van der Waals surface area contributed by atoms with E-state index in [0.29, 0.717) is 11.3 Å². The van der Waals surface area contributed by atoms with Gasteiger partial charge in [-0.1, -0.05) is 19.1 Å². The molecule has 2 aliphatic heterocycles. The number of carbonyl (C=O) groups excluding carboxylic acids is 1. The lowest BCUT2D eigenvalue weighted by atomic mass is 9.99. The largest absolute Gasteiger partial charge is 0.372 e. The third-order valence-electron chi connectivity index (χ3n) is 5.65. The van der Waals surface area contributed by atoms with E-state index in [0.717, 1.165) is 24.7 Å². The molecule has 1 saturated heterocycles. The molecule has 4 rings (SSSR count). The zero-order valence-electron chi connectivity index (χ0n) is 17.1. The van der Waals surface area contributed by atoms with Gasteiger partial charge < -0.3 is 10.2 Å². The Labute approximate surface area is 177 Å². The summed E-state index contributed by atoms with van der Waals surface area (Å²) in [5, 5.41) is 2.86. The average molecular weight is 427 g/mol. The number of anilines is 2. The maximum atomic E-state index is 12.6. The number of fused-ring (bicyclic) bond motifs is 1. The van der Waals surface area contributed by atoms with E-state index >= 15 is 0 Å². The number of sulfonamides is 1. The lowest BCUT2D eigenvalue weighted by molar-refractivity contribution is -0.117. The predicted octanol–water partition coefficient (Wildman–Crippen LogP) is 2.99. The molecule has 1 amide bonds. The first-order valence-electron chi connectivity index (χ1n) is 10.2. The molecule has 0 radical (unpaired) electrons. The Morgan fingerprint density at radius 3 is 2.50 bits per heavy atom. The number of hydrogen-bond donors (Lipinski definition) is 2. The van der Waals surface area contributed by atoms with Gasteiger partial charge in [-0.05, 0) is 62.1 Å². The molecule has 1 atom stereocenters. The van der Waals surface area contributed by atoms with E-state index in [1.807, 2.05) is 24.3 Å². The van der Waals surface area contributed by atoms with Crippen molar-refractivity contribution in [1.82, 2.24) is 4.72 Å². The normalized spacial score (nSPS) is 20.5. The molecule has 0 aromatic heterocycles. The van der Waals surface area contributed by atoms with E-state index in [-0.39, 0.29) is 16.6 Å². The zero-order valence-corrected chi connectivity index (χ0v) is 17.9. The van der Waals surface area contributed by atoms with Crippen molar-refractivity contribution in [2.75, 3.05) is 23.3 Å². The molecular formula is C22H26N4O3S. The second-order valence-corrected chi connectivity index (χ2v) is 9.61. The van der Waals surface area contributed by atoms with E-state index < -0.39 is 16.1 Å². The summed E-state index contributed by atoms with van der Waals surface area (Å²) in [5.74, 6) is 0.674. The smallest absolute Gasteiger partial charge is 0.263 e. The van der Waals surface area contributed by atoms with Gasteiger partial charge in [-0.2, -0.15) is 0 Å². The minimum atomic E-state index is -3.62. The summed E-state index contributed by atoms with van der Waals surface area (Å²) < 4.78 is 26.8. The zero-order chi connectivity index (χ0) is 21.3. The van der Waals surface area contributed by atoms with Crippen LogP contribution in [0.2, 0.25) is 0 Å². The van der Waals surface area contributed by atoms with Crippen LogP contribution in [0.15, 0.2) is 58.4 Å². The highest BCUT2D eigenvalue weighted by Gasteiger charge is 2.31. The van der Waals surface area contributed by atoms with Crippen LogP contribution in [-0.2, 0) is 14.8 Å². The fourth-order valence-electron chi connectivity index (χ4n) is 3.75. The number of piperidine rings is 1. The second kappa shape index (κ2) is 8.10. The van der Waals surface area contributed by atoms with Crippen LogP contribution in [0.3, 0.4) is 0 Å². The van der Waals surface area contributed by atoms with Crippen molar-refractivity contribution < 1.29 is 13.2 Å². The van der Waals surface area contributed by atoms with Crippen molar-refractivity contribution in [3.63, 3.8) is 0 Å². The van der Waals surface area contributed by atoms with Gasteiger partial charge in [0.05, 0.1) is 4.90 Å². The van der Waals surface area contributed by atoms with Crippen molar-refractivity contribution >= 4 is 33.1 Å². The van der Waals surface area contributed by atoms with Crippen LogP contribution in [0.4, 0.5) is 11.4 Å². The number of nitrogens with one attached hydrogen (secondary N) is 2. The summed E-state index contributed by atoms with van der Waals surface area (Å²) in [6.07, 6.45) is 2.40. The number of carbonyl (C=O) groups is 1. The van der Waals surface area contributed by atoms with Crippen LogP contribution in [0.1, 0.15) is 32.3 Å². The van der Waals surface area contributed by atoms with Crippen molar-refractivity contribution in [3.05, 3.63) is 54.1 Å². The van der Waals surface area contributed by atoms with Crippen LogP contribution in [0.5, 0.6) is 0 Å². The monoisotopic (exact) mass is 426 g/mol. The molecule has 158 valence electrons. The van der Waals surface area contributed by atoms with Crippen molar-refractivity contribution in [2.24, 2.45) is 10.9 Å². The number of benzene rings is 2. The van der Waals surface area contributed by atoms with E-state index in [1.54, 1.807) is 25.1 Å². The predicted molar refractivity (Wildman–Crippen MR) is 118 cm³/mol. The minimum absolute atomic E-state index is 0.180. The van der Waals surface area contributed by atoms with Gasteiger partial charge in [0, 0.05) is 30.0 Å². The van der Waals surface area contributed by atoms with Crippen LogP contribution in [0.25, 0.3) is 0 Å². The molecule has 0 bridgehead atoms. The number of amidine groups is 1. The molecular weight excluding hydrogens is 400 g/mol. The molecule has 0 saturated carbocycles. The van der Waals surface area contributed by atoms with Crippen molar-refractivity contribution in [3.8, 4) is 0 Å². The van der Waals surface area contributed by atoms with Crippen molar-refractivity contribution in [2.45, 2.75) is 37.6 Å². The molecule has 8 heteroatoms. The Bertz CT molecular complexity index is 1070. The van der Waals surface area contributed by atoms with E-state index in [2.05, 4.69) is 26.9 Å². The molecule has 30 heavy (non-hydrogen) atoms. The second-order valence-electron chi connectivity index (χ2n) is 7.96. The Balaban J connectivity index is 1.42. The molecule has 7 nitrogen and oxygen atoms in total. The third kappa shape index (κ3) is 4.18. The molecule has 0 aliphatic carbocycles. The van der Waals surface area contributed by atoms with Gasteiger partial charge in [0.25, 0.3) is 10.0 Å². The number of aliphatic imine (C=N–C) groups is 1. The highest BCUT2D eigenvalue weighted by Crippen LogP contribution is 2.25. The number of nitrogens with zero attached hydrogens (tertiary/aromatic N) is 2. The molecule has 2 aliphatic rings. The van der Waals surface area contributed by atoms with Gasteiger partial charge in [-0.3, -0.25) is 14.5 Å². The standard InChI is InChI=1S/C22H26N4O3S/c1-15-11-13-26(14-12-15)18-9-7-17(8-10-18)24-22(27)16(2)23-21-19-5-3-4-6-20(19)30(28,29)25-21/h3-10,15-16H,11-14H2,1-2H3,(H,23,25)(H,24,27)/t16-/m0/s1. The number of hydrogen-bond acceptors (Lipinski definition) is 5. The first-order chi connectivity index (χ1) is 14.3. The molecule has 0 unspecified atom stereocenters. The topological polar surface area (TPSA) is 90.9 Å². The van der Waals surface area contributed by atoms with E-state index in [4.69, 9.17) is 0 Å². The molecule has 2 N–H and O–H groups in total.